The van der Waals surface area contributed by atoms with Crippen LogP contribution in [0, 0.1) is 20.8 Å². The molecular weight excluding hydrogens is 248 g/mol. The Morgan fingerprint density at radius 1 is 1.15 bits per heavy atom. The lowest BCUT2D eigenvalue weighted by atomic mass is 9.96. The third kappa shape index (κ3) is 2.08. The Labute approximate surface area is 119 Å². The van der Waals surface area contributed by atoms with Crippen LogP contribution in [0.15, 0.2) is 36.4 Å². The highest BCUT2D eigenvalue weighted by molar-refractivity contribution is 5.44. The molecule has 1 N–H and O–H groups in total. The van der Waals surface area contributed by atoms with E-state index in [-0.39, 0.29) is 12.0 Å². The summed E-state index contributed by atoms with van der Waals surface area (Å²) in [7, 11) is 0. The van der Waals surface area contributed by atoms with Crippen LogP contribution in [0.1, 0.15) is 34.9 Å². The molecule has 1 aromatic heterocycles. The first-order chi connectivity index (χ1) is 9.58. The average molecular weight is 268 g/mol. The number of allylic oxidation sites excluding steroid dienone is 1. The summed E-state index contributed by atoms with van der Waals surface area (Å²) in [5.74, 6) is 0.280. The van der Waals surface area contributed by atoms with Gasteiger partial charge in [-0.1, -0.05) is 30.4 Å². The van der Waals surface area contributed by atoms with Gasteiger partial charge in [0.1, 0.15) is 0 Å². The molecule has 1 aromatic carbocycles. The van der Waals surface area contributed by atoms with Crippen molar-refractivity contribution in [3.63, 3.8) is 0 Å². The van der Waals surface area contributed by atoms with Crippen LogP contribution in [-0.2, 0) is 0 Å². The number of para-hydroxylation sites is 1. The summed E-state index contributed by atoms with van der Waals surface area (Å²) in [6, 6.07) is 8.28. The summed E-state index contributed by atoms with van der Waals surface area (Å²) in [5.41, 5.74) is 5.81. The van der Waals surface area contributed by atoms with Gasteiger partial charge in [0.25, 0.3) is 0 Å². The fourth-order valence-electron chi connectivity index (χ4n) is 3.12. The molecule has 0 amide bonds. The van der Waals surface area contributed by atoms with Crippen molar-refractivity contribution in [1.82, 2.24) is 9.78 Å². The van der Waals surface area contributed by atoms with Crippen molar-refractivity contribution in [2.75, 3.05) is 0 Å². The number of aryl methyl sites for hydroxylation is 2. The summed E-state index contributed by atoms with van der Waals surface area (Å²) in [5, 5.41) is 14.4. The molecule has 1 aliphatic carbocycles. The van der Waals surface area contributed by atoms with E-state index >= 15 is 0 Å². The normalized spacial score (nSPS) is 21.6. The molecule has 3 heteroatoms. The molecule has 0 bridgehead atoms. The summed E-state index contributed by atoms with van der Waals surface area (Å²) in [6.45, 7) is 6.26. The number of rotatable bonds is 2. The fraction of sp³-hybridized carbons (Fsp3) is 0.353. The van der Waals surface area contributed by atoms with Crippen molar-refractivity contribution < 1.29 is 5.11 Å². The van der Waals surface area contributed by atoms with Crippen molar-refractivity contribution in [1.29, 1.82) is 0 Å². The Bertz CT molecular complexity index is 670. The lowest BCUT2D eigenvalue weighted by Gasteiger charge is -2.11. The van der Waals surface area contributed by atoms with E-state index in [9.17, 15) is 5.11 Å². The molecule has 0 spiro atoms. The quantitative estimate of drug-likeness (QED) is 0.849. The van der Waals surface area contributed by atoms with Crippen LogP contribution in [0.4, 0.5) is 0 Å². The number of aromatic nitrogens is 2. The van der Waals surface area contributed by atoms with E-state index in [2.05, 4.69) is 39.0 Å². The third-order valence-corrected chi connectivity index (χ3v) is 4.12. The summed E-state index contributed by atoms with van der Waals surface area (Å²) in [6.07, 6.45) is 4.43. The minimum absolute atomic E-state index is 0.280. The molecule has 0 saturated heterocycles. The first-order valence-corrected chi connectivity index (χ1v) is 7.06. The van der Waals surface area contributed by atoms with Crippen molar-refractivity contribution in [2.45, 2.75) is 39.2 Å². The minimum atomic E-state index is -0.319. The second-order valence-electron chi connectivity index (χ2n) is 5.58. The van der Waals surface area contributed by atoms with Crippen LogP contribution in [0.25, 0.3) is 5.69 Å². The van der Waals surface area contributed by atoms with Crippen LogP contribution in [-0.4, -0.2) is 21.0 Å². The first kappa shape index (κ1) is 13.1. The van der Waals surface area contributed by atoms with E-state index in [0.717, 1.165) is 17.8 Å². The summed E-state index contributed by atoms with van der Waals surface area (Å²) >= 11 is 0. The van der Waals surface area contributed by atoms with Crippen LogP contribution in [0.2, 0.25) is 0 Å². The molecule has 2 aromatic rings. The number of nitrogens with zero attached hydrogens (tertiary/aromatic N) is 2. The van der Waals surface area contributed by atoms with Gasteiger partial charge in [-0.2, -0.15) is 5.10 Å². The molecular formula is C17H20N2O. The lowest BCUT2D eigenvalue weighted by molar-refractivity contribution is 0.218. The Hall–Kier alpha value is -1.87. The van der Waals surface area contributed by atoms with Crippen molar-refractivity contribution in [3.05, 3.63) is 58.9 Å². The standard InChI is InChI=1S/C17H20N2O/c1-11-6-4-5-7-16(11)19-13(3)17(12(2)18-19)14-8-9-15(20)10-14/h4-9,14-15,20H,10H2,1-3H3/t14-,15-/m1/s1. The van der Waals surface area contributed by atoms with Crippen molar-refractivity contribution in [3.8, 4) is 5.69 Å². The molecule has 3 nitrogen and oxygen atoms in total. The van der Waals surface area contributed by atoms with Gasteiger partial charge in [-0.15, -0.1) is 0 Å². The molecule has 0 fully saturated rings. The number of aliphatic hydroxyl groups excluding tert-OH is 1. The van der Waals surface area contributed by atoms with Gasteiger partial charge in [0.2, 0.25) is 0 Å². The Morgan fingerprint density at radius 2 is 1.90 bits per heavy atom. The molecule has 104 valence electrons. The number of aliphatic hydroxyl groups is 1. The maximum atomic E-state index is 9.70. The Kier molecular flexibility index (Phi) is 3.22. The highest BCUT2D eigenvalue weighted by atomic mass is 16.3. The molecule has 20 heavy (non-hydrogen) atoms. The average Bonchev–Trinajstić information content (AvgIpc) is 2.94. The topological polar surface area (TPSA) is 38.0 Å². The fourth-order valence-corrected chi connectivity index (χ4v) is 3.12. The smallest absolute Gasteiger partial charge is 0.0730 e. The number of hydrogen-bond acceptors (Lipinski definition) is 2. The maximum Gasteiger partial charge on any atom is 0.0730 e. The Balaban J connectivity index is 2.08. The van der Waals surface area contributed by atoms with Crippen LogP contribution >= 0.6 is 0 Å². The van der Waals surface area contributed by atoms with E-state index in [1.807, 2.05) is 22.9 Å². The SMILES string of the molecule is Cc1ccccc1-n1nc(C)c([C@@H]2C=C[C@@H](O)C2)c1C. The van der Waals surface area contributed by atoms with Crippen molar-refractivity contribution >= 4 is 0 Å². The molecule has 2 atom stereocenters. The largest absolute Gasteiger partial charge is 0.389 e. The molecule has 0 saturated carbocycles. The van der Waals surface area contributed by atoms with Crippen molar-refractivity contribution in [2.24, 2.45) is 0 Å². The minimum Gasteiger partial charge on any atom is -0.389 e. The molecule has 0 aliphatic heterocycles. The van der Waals surface area contributed by atoms with Gasteiger partial charge in [-0.25, -0.2) is 4.68 Å². The van der Waals surface area contributed by atoms with Gasteiger partial charge in [-0.05, 0) is 38.8 Å². The zero-order valence-corrected chi connectivity index (χ0v) is 12.2. The van der Waals surface area contributed by atoms with Gasteiger partial charge in [-0.3, -0.25) is 0 Å². The zero-order valence-electron chi connectivity index (χ0n) is 12.2. The highest BCUT2D eigenvalue weighted by Gasteiger charge is 2.25. The van der Waals surface area contributed by atoms with E-state index in [1.165, 1.54) is 16.8 Å². The van der Waals surface area contributed by atoms with E-state index in [0.29, 0.717) is 0 Å². The van der Waals surface area contributed by atoms with Gasteiger partial charge >= 0.3 is 0 Å². The van der Waals surface area contributed by atoms with Gasteiger partial charge in [0.05, 0.1) is 17.5 Å². The van der Waals surface area contributed by atoms with Crippen LogP contribution in [0.5, 0.6) is 0 Å². The predicted octanol–water partition coefficient (Wildman–Crippen LogP) is 3.20. The summed E-state index contributed by atoms with van der Waals surface area (Å²) in [4.78, 5) is 0. The number of benzene rings is 1. The lowest BCUT2D eigenvalue weighted by Crippen LogP contribution is -2.04. The molecule has 0 radical (unpaired) electrons. The molecule has 1 heterocycles. The van der Waals surface area contributed by atoms with Crippen LogP contribution in [0.3, 0.4) is 0 Å². The van der Waals surface area contributed by atoms with Crippen LogP contribution < -0.4 is 0 Å². The summed E-state index contributed by atoms with van der Waals surface area (Å²) < 4.78 is 2.03. The second-order valence-corrected chi connectivity index (χ2v) is 5.58. The monoisotopic (exact) mass is 268 g/mol. The zero-order chi connectivity index (χ0) is 14.3. The highest BCUT2D eigenvalue weighted by Crippen LogP contribution is 2.34. The van der Waals surface area contributed by atoms with E-state index in [1.54, 1.807) is 0 Å². The molecule has 0 unspecified atom stereocenters. The third-order valence-electron chi connectivity index (χ3n) is 4.12. The van der Waals surface area contributed by atoms with Gasteiger partial charge in [0, 0.05) is 17.2 Å². The van der Waals surface area contributed by atoms with Gasteiger partial charge < -0.3 is 5.11 Å². The first-order valence-electron chi connectivity index (χ1n) is 7.06. The maximum absolute atomic E-state index is 9.70. The predicted molar refractivity (Wildman–Crippen MR) is 80.3 cm³/mol. The van der Waals surface area contributed by atoms with E-state index in [4.69, 9.17) is 5.10 Å². The van der Waals surface area contributed by atoms with Gasteiger partial charge in [0.15, 0.2) is 0 Å². The second kappa shape index (κ2) is 4.91. The van der Waals surface area contributed by atoms with E-state index < -0.39 is 0 Å². The molecule has 1 aliphatic rings. The molecule has 3 rings (SSSR count). The Morgan fingerprint density at radius 3 is 2.55 bits per heavy atom. The number of hydrogen-bond donors (Lipinski definition) is 1.